The van der Waals surface area contributed by atoms with E-state index in [9.17, 15) is 0 Å². The first-order valence-electron chi connectivity index (χ1n) is 6.43. The van der Waals surface area contributed by atoms with Crippen LogP contribution in [0.1, 0.15) is 36.5 Å². The van der Waals surface area contributed by atoms with Crippen molar-refractivity contribution in [3.63, 3.8) is 0 Å². The van der Waals surface area contributed by atoms with Gasteiger partial charge in [-0.15, -0.1) is 12.6 Å². The van der Waals surface area contributed by atoms with Crippen LogP contribution in [0.4, 0.5) is 0 Å². The number of aromatic nitrogens is 1. The van der Waals surface area contributed by atoms with E-state index in [-0.39, 0.29) is 0 Å². The van der Waals surface area contributed by atoms with Crippen LogP contribution in [0, 0.1) is 6.92 Å². The van der Waals surface area contributed by atoms with Crippen molar-refractivity contribution in [1.29, 1.82) is 0 Å². The molecular weight excluding hydrogens is 238 g/mol. The summed E-state index contributed by atoms with van der Waals surface area (Å²) in [6.07, 6.45) is 2.20. The summed E-state index contributed by atoms with van der Waals surface area (Å²) in [4.78, 5) is 1.12. The van der Waals surface area contributed by atoms with Crippen LogP contribution in [0.2, 0.25) is 0 Å². The minimum Gasteiger partial charge on any atom is -0.194 e. The van der Waals surface area contributed by atoms with Gasteiger partial charge in [0, 0.05) is 22.6 Å². The molecule has 0 atom stereocenters. The third kappa shape index (κ3) is 1.67. The van der Waals surface area contributed by atoms with Crippen LogP contribution < -0.4 is 4.57 Å². The fraction of sp³-hybridized carbons (Fsp3) is 0.312. The van der Waals surface area contributed by atoms with Gasteiger partial charge in [-0.05, 0) is 24.0 Å². The minimum absolute atomic E-state index is 0.563. The van der Waals surface area contributed by atoms with Gasteiger partial charge >= 0.3 is 0 Å². The van der Waals surface area contributed by atoms with E-state index in [2.05, 4.69) is 55.8 Å². The number of hydrogen-bond donors (Lipinski definition) is 1. The fourth-order valence-electron chi connectivity index (χ4n) is 2.60. The number of aryl methyl sites for hydroxylation is 1. The van der Waals surface area contributed by atoms with Crippen molar-refractivity contribution in [2.75, 3.05) is 0 Å². The Morgan fingerprint density at radius 2 is 2.00 bits per heavy atom. The fourth-order valence-corrected chi connectivity index (χ4v) is 2.93. The molecule has 1 aromatic carbocycles. The van der Waals surface area contributed by atoms with Crippen LogP contribution in [0.25, 0.3) is 11.3 Å². The Labute approximate surface area is 114 Å². The summed E-state index contributed by atoms with van der Waals surface area (Å²) in [6.45, 7) is 7.56. The van der Waals surface area contributed by atoms with Gasteiger partial charge in [0.25, 0.3) is 0 Å². The normalized spacial score (nSPS) is 12.7. The van der Waals surface area contributed by atoms with Gasteiger partial charge in [0.05, 0.1) is 5.56 Å². The highest BCUT2D eigenvalue weighted by molar-refractivity contribution is 7.80. The van der Waals surface area contributed by atoms with Gasteiger partial charge in [-0.25, -0.2) is 0 Å². The summed E-state index contributed by atoms with van der Waals surface area (Å²) >= 11 is 4.70. The molecule has 2 aromatic rings. The lowest BCUT2D eigenvalue weighted by atomic mass is 10.00. The van der Waals surface area contributed by atoms with Crippen LogP contribution in [0.15, 0.2) is 35.4 Å². The van der Waals surface area contributed by atoms with E-state index < -0.39 is 0 Å². The highest BCUT2D eigenvalue weighted by Gasteiger charge is 2.28. The molecule has 0 amide bonds. The topological polar surface area (TPSA) is 3.88 Å². The predicted octanol–water partition coefficient (Wildman–Crippen LogP) is 3.72. The summed E-state index contributed by atoms with van der Waals surface area (Å²) in [5.41, 5.74) is 6.65. The molecule has 2 heteroatoms. The van der Waals surface area contributed by atoms with Crippen molar-refractivity contribution in [3.05, 3.63) is 47.2 Å². The predicted molar refractivity (Wildman–Crippen MR) is 77.3 cm³/mol. The molecular formula is C16H18NS+. The summed E-state index contributed by atoms with van der Waals surface area (Å²) in [7, 11) is 0. The largest absolute Gasteiger partial charge is 0.214 e. The molecule has 2 heterocycles. The standard InChI is InChI=1S/C16H17NS/c1-10(2)12-6-7-17-9-13-5-4-11(3)16(18)15(13)14(17)8-12/h4-8,10H,9H2,1-3H3/p+1. The molecule has 92 valence electrons. The maximum atomic E-state index is 4.70. The van der Waals surface area contributed by atoms with E-state index in [0.717, 1.165) is 11.4 Å². The number of hydrogen-bond acceptors (Lipinski definition) is 1. The number of rotatable bonds is 1. The molecule has 3 rings (SSSR count). The van der Waals surface area contributed by atoms with Crippen molar-refractivity contribution in [1.82, 2.24) is 0 Å². The first-order chi connectivity index (χ1) is 8.58. The molecule has 0 N–H and O–H groups in total. The third-order valence-electron chi connectivity index (χ3n) is 3.79. The van der Waals surface area contributed by atoms with Crippen LogP contribution in [-0.4, -0.2) is 0 Å². The Balaban J connectivity index is 2.25. The molecule has 1 nitrogen and oxygen atoms in total. The molecule has 1 aliphatic rings. The van der Waals surface area contributed by atoms with E-state index >= 15 is 0 Å². The number of thiol groups is 1. The van der Waals surface area contributed by atoms with Crippen molar-refractivity contribution >= 4 is 12.6 Å². The SMILES string of the molecule is Cc1ccc2c(c1S)-c1cc(C(C)C)cc[n+]1C2. The number of nitrogens with zero attached hydrogens (tertiary/aromatic N) is 1. The average molecular weight is 256 g/mol. The zero-order chi connectivity index (χ0) is 12.9. The van der Waals surface area contributed by atoms with E-state index in [1.54, 1.807) is 0 Å². The zero-order valence-electron chi connectivity index (χ0n) is 11.1. The first kappa shape index (κ1) is 11.8. The third-order valence-corrected chi connectivity index (χ3v) is 4.37. The van der Waals surface area contributed by atoms with Gasteiger partial charge in [-0.2, -0.15) is 4.57 Å². The van der Waals surface area contributed by atoms with E-state index in [4.69, 9.17) is 12.6 Å². The Morgan fingerprint density at radius 1 is 1.22 bits per heavy atom. The van der Waals surface area contributed by atoms with Gasteiger partial charge in [0.15, 0.2) is 12.7 Å². The van der Waals surface area contributed by atoms with E-state index in [1.165, 1.54) is 27.9 Å². The van der Waals surface area contributed by atoms with Crippen molar-refractivity contribution in [3.8, 4) is 11.3 Å². The lowest BCUT2D eigenvalue weighted by Crippen LogP contribution is -2.31. The van der Waals surface area contributed by atoms with Crippen LogP contribution in [0.5, 0.6) is 0 Å². The average Bonchev–Trinajstić information content (AvgIpc) is 2.71. The highest BCUT2D eigenvalue weighted by atomic mass is 32.1. The molecule has 1 aliphatic heterocycles. The minimum atomic E-state index is 0.563. The molecule has 0 unspecified atom stereocenters. The monoisotopic (exact) mass is 256 g/mol. The van der Waals surface area contributed by atoms with Crippen LogP contribution >= 0.6 is 12.6 Å². The van der Waals surface area contributed by atoms with Crippen molar-refractivity contribution in [2.45, 2.75) is 38.1 Å². The summed E-state index contributed by atoms with van der Waals surface area (Å²) in [6, 6.07) is 8.93. The van der Waals surface area contributed by atoms with Crippen molar-refractivity contribution < 1.29 is 4.57 Å². The molecule has 0 aliphatic carbocycles. The van der Waals surface area contributed by atoms with Crippen LogP contribution in [-0.2, 0) is 6.54 Å². The molecule has 18 heavy (non-hydrogen) atoms. The molecule has 0 saturated carbocycles. The Hall–Kier alpha value is -1.28. The Bertz CT molecular complexity index is 629. The smallest absolute Gasteiger partial charge is 0.194 e. The maximum Gasteiger partial charge on any atom is 0.214 e. The van der Waals surface area contributed by atoms with E-state index in [1.807, 2.05) is 0 Å². The lowest BCUT2D eigenvalue weighted by Gasteiger charge is -2.06. The number of benzene rings is 1. The van der Waals surface area contributed by atoms with Crippen molar-refractivity contribution in [2.24, 2.45) is 0 Å². The Morgan fingerprint density at radius 3 is 2.72 bits per heavy atom. The van der Waals surface area contributed by atoms with E-state index in [0.29, 0.717) is 5.92 Å². The maximum absolute atomic E-state index is 4.70. The summed E-state index contributed by atoms with van der Waals surface area (Å²) < 4.78 is 2.32. The second-order valence-electron chi connectivity index (χ2n) is 5.39. The summed E-state index contributed by atoms with van der Waals surface area (Å²) in [5, 5.41) is 0. The number of pyridine rings is 1. The van der Waals surface area contributed by atoms with Gasteiger partial charge in [0.1, 0.15) is 0 Å². The highest BCUT2D eigenvalue weighted by Crippen LogP contribution is 2.35. The van der Waals surface area contributed by atoms with Gasteiger partial charge in [-0.1, -0.05) is 26.0 Å². The zero-order valence-corrected chi connectivity index (χ0v) is 12.0. The quantitative estimate of drug-likeness (QED) is 0.499. The second-order valence-corrected chi connectivity index (χ2v) is 5.84. The number of fused-ring (bicyclic) bond motifs is 3. The van der Waals surface area contributed by atoms with Gasteiger partial charge in [-0.3, -0.25) is 0 Å². The van der Waals surface area contributed by atoms with Gasteiger partial charge in [0.2, 0.25) is 5.69 Å². The first-order valence-corrected chi connectivity index (χ1v) is 6.88. The molecule has 0 bridgehead atoms. The molecule has 0 saturated heterocycles. The molecule has 0 spiro atoms. The Kier molecular flexibility index (Phi) is 2.70. The lowest BCUT2D eigenvalue weighted by molar-refractivity contribution is -0.672. The van der Waals surface area contributed by atoms with Gasteiger partial charge < -0.3 is 0 Å². The second kappa shape index (κ2) is 4.13. The molecule has 0 radical (unpaired) electrons. The molecule has 0 fully saturated rings. The van der Waals surface area contributed by atoms with Crippen LogP contribution in [0.3, 0.4) is 0 Å². The summed E-state index contributed by atoms with van der Waals surface area (Å²) in [5.74, 6) is 0.563. The molecule has 1 aromatic heterocycles.